The van der Waals surface area contributed by atoms with Crippen molar-refractivity contribution in [2.45, 2.75) is 48.7 Å². The van der Waals surface area contributed by atoms with Gasteiger partial charge < -0.3 is 33.1 Å². The quantitative estimate of drug-likeness (QED) is 0.156. The number of hydrogen-bond donors (Lipinski definition) is 3. The van der Waals surface area contributed by atoms with Crippen molar-refractivity contribution in [3.63, 3.8) is 0 Å². The summed E-state index contributed by atoms with van der Waals surface area (Å²) in [7, 11) is 8.79. The molecule has 2 heterocycles. The second-order valence-corrected chi connectivity index (χ2v) is 21.2. The van der Waals surface area contributed by atoms with E-state index in [1.807, 2.05) is 0 Å². The fourth-order valence-electron chi connectivity index (χ4n) is 3.19. The third-order valence-corrected chi connectivity index (χ3v) is 6.74. The Bertz CT molecular complexity index is 660. The molecule has 2 aliphatic rings. The molecule has 3 radical (unpaired) electrons. The normalized spacial score (nSPS) is 40.8. The number of aliphatic hydroxyl groups is 1. The zero-order chi connectivity index (χ0) is 22.7. The summed E-state index contributed by atoms with van der Waals surface area (Å²) in [5.74, 6) is 0. The van der Waals surface area contributed by atoms with Gasteiger partial charge in [0.05, 0.1) is 19.2 Å². The first-order chi connectivity index (χ1) is 13.8. The van der Waals surface area contributed by atoms with E-state index in [-0.39, 0.29) is 19.7 Å². The Morgan fingerprint density at radius 1 is 1.10 bits per heavy atom. The molecule has 0 aromatic heterocycles. The van der Waals surface area contributed by atoms with Gasteiger partial charge in [-0.25, -0.2) is 4.39 Å². The molecule has 30 heavy (non-hydrogen) atoms. The zero-order valence-electron chi connectivity index (χ0n) is 16.8. The first-order valence-electron chi connectivity index (χ1n) is 9.08. The summed E-state index contributed by atoms with van der Waals surface area (Å²) in [6, 6.07) is -1.77. The van der Waals surface area contributed by atoms with Gasteiger partial charge in [0.1, 0.15) is 55.5 Å². The molecule has 2 aliphatic heterocycles. The average molecular weight is 537 g/mol. The number of ether oxygens (including phenoxy) is 4. The van der Waals surface area contributed by atoms with Crippen molar-refractivity contribution in [2.75, 3.05) is 40.2 Å². The molecular weight excluding hydrogens is 511 g/mol. The van der Waals surface area contributed by atoms with Crippen LogP contribution in [0.25, 0.3) is 0 Å². The van der Waals surface area contributed by atoms with Crippen molar-refractivity contribution in [3.05, 3.63) is 0 Å². The summed E-state index contributed by atoms with van der Waals surface area (Å²) in [5, 5.41) is 10.1. The molecular formula is C14H26B2FO7P2S4. The molecule has 10 atom stereocenters. The van der Waals surface area contributed by atoms with Gasteiger partial charge in [0.25, 0.3) is 0 Å². The standard InChI is InChI=1S/C14H26B2FO7P2S4/c1-19-4-7-11(23-25(2,27)28)9(17)14(22-7)16-6-20-5-8-12(24-26(3,29)30)10(18)13(15)21-8/h7-14,18H,4-6H2,1-3H3,(H,27,28)(H,29,30)/t7-,8-,9?,10?,11?,12?,13-,14-/m1/s1. The van der Waals surface area contributed by atoms with Crippen LogP contribution in [0.4, 0.5) is 4.39 Å². The Balaban J connectivity index is 1.85. The molecule has 0 aliphatic carbocycles. The van der Waals surface area contributed by atoms with E-state index >= 15 is 0 Å². The SMILES string of the molecule is [B][C@@H]1O[C@H](COC[B][C@@H]2O[C@H](COC)C(OP(C)(=S)S)C2F)C(OP(C)(=S)S)C1O. The van der Waals surface area contributed by atoms with E-state index in [9.17, 15) is 9.50 Å². The molecule has 16 heteroatoms. The third kappa shape index (κ3) is 8.53. The van der Waals surface area contributed by atoms with Crippen LogP contribution in [0.15, 0.2) is 0 Å². The van der Waals surface area contributed by atoms with Crippen LogP contribution in [0.1, 0.15) is 0 Å². The maximum absolute atomic E-state index is 14.9. The maximum atomic E-state index is 14.9. The van der Waals surface area contributed by atoms with E-state index in [1.54, 1.807) is 20.6 Å². The predicted octanol–water partition coefficient (Wildman–Crippen LogP) is 1.14. The molecule has 2 rings (SSSR count). The van der Waals surface area contributed by atoms with Crippen LogP contribution in [0, 0.1) is 0 Å². The van der Waals surface area contributed by atoms with Crippen LogP contribution >= 0.6 is 35.4 Å². The van der Waals surface area contributed by atoms with E-state index in [4.69, 9.17) is 59.5 Å². The van der Waals surface area contributed by atoms with Crippen molar-refractivity contribution in [1.82, 2.24) is 0 Å². The van der Waals surface area contributed by atoms with Crippen LogP contribution in [0.5, 0.6) is 0 Å². The van der Waals surface area contributed by atoms with Crippen LogP contribution < -0.4 is 0 Å². The Labute approximate surface area is 199 Å². The van der Waals surface area contributed by atoms with Crippen LogP contribution in [-0.2, 0) is 51.6 Å². The van der Waals surface area contributed by atoms with E-state index < -0.39 is 59.6 Å². The van der Waals surface area contributed by atoms with Crippen molar-refractivity contribution in [2.24, 2.45) is 0 Å². The lowest BCUT2D eigenvalue weighted by Gasteiger charge is -2.24. The number of methoxy groups -OCH3 is 1. The summed E-state index contributed by atoms with van der Waals surface area (Å²) in [6.07, 6.45) is -5.34. The van der Waals surface area contributed by atoms with Gasteiger partial charge in [0, 0.05) is 19.6 Å². The fourth-order valence-corrected chi connectivity index (χ4v) is 5.85. The molecule has 0 amide bonds. The van der Waals surface area contributed by atoms with Gasteiger partial charge in [0.2, 0.25) is 0 Å². The summed E-state index contributed by atoms with van der Waals surface area (Å²) < 4.78 is 48.0. The molecule has 0 saturated carbocycles. The highest BCUT2D eigenvalue weighted by atomic mass is 32.9. The van der Waals surface area contributed by atoms with Gasteiger partial charge in [-0.3, -0.25) is 0 Å². The summed E-state index contributed by atoms with van der Waals surface area (Å²) in [4.78, 5) is 0. The Morgan fingerprint density at radius 2 is 1.67 bits per heavy atom. The zero-order valence-corrected chi connectivity index (χ0v) is 22.0. The topological polar surface area (TPSA) is 75.6 Å². The van der Waals surface area contributed by atoms with E-state index in [0.717, 1.165) is 0 Å². The van der Waals surface area contributed by atoms with E-state index in [2.05, 4.69) is 24.5 Å². The fraction of sp³-hybridized carbons (Fsp3) is 1.00. The first kappa shape index (κ1) is 28.0. The molecule has 6 unspecified atom stereocenters. The summed E-state index contributed by atoms with van der Waals surface area (Å²) >= 11 is 18.8. The Hall–Kier alpha value is 1.78. The van der Waals surface area contributed by atoms with E-state index in [1.165, 1.54) is 7.11 Å². The highest BCUT2D eigenvalue weighted by Crippen LogP contribution is 2.52. The number of thiol groups is 2. The Morgan fingerprint density at radius 3 is 2.23 bits per heavy atom. The smallest absolute Gasteiger partial charge is 0.188 e. The summed E-state index contributed by atoms with van der Waals surface area (Å²) in [5.41, 5.74) is -4.75. The third-order valence-electron chi connectivity index (χ3n) is 4.39. The minimum Gasteiger partial charge on any atom is -0.388 e. The minimum absolute atomic E-state index is 0.0620. The maximum Gasteiger partial charge on any atom is 0.188 e. The van der Waals surface area contributed by atoms with Crippen LogP contribution in [0.2, 0.25) is 0 Å². The van der Waals surface area contributed by atoms with Gasteiger partial charge in [-0.05, 0) is 13.3 Å². The van der Waals surface area contributed by atoms with Gasteiger partial charge in [0.15, 0.2) is 7.28 Å². The van der Waals surface area contributed by atoms with Gasteiger partial charge in [-0.1, -0.05) is 23.6 Å². The molecule has 1 N–H and O–H groups in total. The van der Waals surface area contributed by atoms with Crippen molar-refractivity contribution in [3.8, 4) is 0 Å². The average Bonchev–Trinajstić information content (AvgIpc) is 3.02. The number of aliphatic hydroxyl groups excluding tert-OH is 1. The summed E-state index contributed by atoms with van der Waals surface area (Å²) in [6.45, 7) is 3.62. The van der Waals surface area contributed by atoms with Gasteiger partial charge in [-0.2, -0.15) is 0 Å². The predicted molar refractivity (Wildman–Crippen MR) is 131 cm³/mol. The number of alkyl halides is 1. The van der Waals surface area contributed by atoms with Crippen molar-refractivity contribution in [1.29, 1.82) is 0 Å². The Kier molecular flexibility index (Phi) is 11.2. The van der Waals surface area contributed by atoms with Gasteiger partial charge in [-0.15, -0.1) is 24.5 Å². The lowest BCUT2D eigenvalue weighted by Crippen LogP contribution is -2.37. The molecule has 0 bridgehead atoms. The lowest BCUT2D eigenvalue weighted by molar-refractivity contribution is -0.0176. The monoisotopic (exact) mass is 537 g/mol. The van der Waals surface area contributed by atoms with Crippen LogP contribution in [0.3, 0.4) is 0 Å². The second kappa shape index (κ2) is 12.0. The highest BCUT2D eigenvalue weighted by Gasteiger charge is 2.47. The number of halogens is 1. The lowest BCUT2D eigenvalue weighted by atomic mass is 9.70. The largest absolute Gasteiger partial charge is 0.388 e. The molecule has 0 aromatic rings. The number of hydrogen-bond acceptors (Lipinski definition) is 9. The minimum atomic E-state index is -2.39. The van der Waals surface area contributed by atoms with Crippen molar-refractivity contribution < 1.29 is 37.5 Å². The molecule has 171 valence electrons. The first-order valence-corrected chi connectivity index (χ1v) is 17.7. The van der Waals surface area contributed by atoms with Crippen LogP contribution in [-0.4, -0.2) is 109 Å². The van der Waals surface area contributed by atoms with Gasteiger partial charge >= 0.3 is 0 Å². The molecule has 0 aromatic carbocycles. The van der Waals surface area contributed by atoms with Crippen molar-refractivity contribution >= 4 is 74.2 Å². The second-order valence-electron chi connectivity index (χ2n) is 7.19. The molecule has 2 fully saturated rings. The molecule has 7 nitrogen and oxygen atoms in total. The van der Waals surface area contributed by atoms with E-state index in [0.29, 0.717) is 0 Å². The molecule has 0 spiro atoms. The number of rotatable bonds is 11. The highest BCUT2D eigenvalue weighted by molar-refractivity contribution is 8.61. The molecule has 2 saturated heterocycles.